The molecule has 0 saturated heterocycles. The van der Waals surface area contributed by atoms with Crippen LogP contribution < -0.4 is 5.32 Å². The van der Waals surface area contributed by atoms with Gasteiger partial charge in [0.15, 0.2) is 0 Å². The molecule has 1 unspecified atom stereocenters. The average molecular weight is 481 g/mol. The van der Waals surface area contributed by atoms with E-state index >= 15 is 0 Å². The van der Waals surface area contributed by atoms with Crippen LogP contribution in [-0.2, 0) is 11.2 Å². The Bertz CT molecular complexity index is 1040. The van der Waals surface area contributed by atoms with Crippen molar-refractivity contribution in [2.75, 3.05) is 20.1 Å². The van der Waals surface area contributed by atoms with E-state index in [-0.39, 0.29) is 23.5 Å². The number of urea groups is 1. The lowest BCUT2D eigenvalue weighted by atomic mass is 9.80. The number of aromatic nitrogens is 1. The first-order chi connectivity index (χ1) is 16.5. The highest BCUT2D eigenvalue weighted by atomic mass is 16.2. The number of amides is 3. The smallest absolute Gasteiger partial charge is 0.317 e. The second-order valence-electron chi connectivity index (χ2n) is 12.3. The number of carbonyl (C=O) groups is 2. The van der Waals surface area contributed by atoms with Crippen LogP contribution in [0.2, 0.25) is 0 Å². The molecule has 6 nitrogen and oxygen atoms in total. The van der Waals surface area contributed by atoms with Crippen molar-refractivity contribution < 1.29 is 9.59 Å². The Morgan fingerprint density at radius 3 is 2.49 bits per heavy atom. The molecule has 2 aliphatic rings. The summed E-state index contributed by atoms with van der Waals surface area (Å²) in [6, 6.07) is 8.64. The van der Waals surface area contributed by atoms with Gasteiger partial charge in [-0.3, -0.25) is 4.79 Å². The van der Waals surface area contributed by atoms with Crippen molar-refractivity contribution in [1.29, 1.82) is 0 Å². The zero-order valence-electron chi connectivity index (χ0n) is 22.5. The standard InChI is InChI=1S/C29H44N4O2/c1-19(2)17-25-26-23(22-9-7-8-10-24(22)30-26)15-16-33(25)27(34)21-13-11-20(12-14-21)18-32(6)28(35)31-29(3,4)5/h7-10,19-21,25,30H,11-18H2,1-6H3,(H,31,35). The van der Waals surface area contributed by atoms with Gasteiger partial charge in [0, 0.05) is 48.2 Å². The predicted octanol–water partition coefficient (Wildman–Crippen LogP) is 5.89. The second kappa shape index (κ2) is 10.2. The number of para-hydroxylation sites is 1. The van der Waals surface area contributed by atoms with Gasteiger partial charge >= 0.3 is 6.03 Å². The molecule has 192 valence electrons. The van der Waals surface area contributed by atoms with Gasteiger partial charge in [0.2, 0.25) is 5.91 Å². The molecule has 1 aromatic carbocycles. The Morgan fingerprint density at radius 2 is 1.83 bits per heavy atom. The van der Waals surface area contributed by atoms with Gasteiger partial charge in [0.05, 0.1) is 6.04 Å². The Labute approximate surface area is 210 Å². The number of carbonyl (C=O) groups excluding carboxylic acids is 2. The van der Waals surface area contributed by atoms with Crippen LogP contribution in [0, 0.1) is 17.8 Å². The fraction of sp³-hybridized carbons (Fsp3) is 0.655. The molecule has 4 rings (SSSR count). The van der Waals surface area contributed by atoms with Crippen molar-refractivity contribution in [3.63, 3.8) is 0 Å². The first kappa shape index (κ1) is 25.6. The van der Waals surface area contributed by atoms with Gasteiger partial charge in [-0.05, 0) is 82.8 Å². The van der Waals surface area contributed by atoms with E-state index in [4.69, 9.17) is 0 Å². The largest absolute Gasteiger partial charge is 0.356 e. The van der Waals surface area contributed by atoms with Crippen LogP contribution >= 0.6 is 0 Å². The maximum Gasteiger partial charge on any atom is 0.317 e. The lowest BCUT2D eigenvalue weighted by molar-refractivity contribution is -0.140. The Morgan fingerprint density at radius 1 is 1.14 bits per heavy atom. The van der Waals surface area contributed by atoms with E-state index < -0.39 is 0 Å². The van der Waals surface area contributed by atoms with Crippen molar-refractivity contribution in [3.05, 3.63) is 35.5 Å². The van der Waals surface area contributed by atoms with Gasteiger partial charge in [-0.2, -0.15) is 0 Å². The summed E-state index contributed by atoms with van der Waals surface area (Å²) in [6.07, 6.45) is 5.75. The summed E-state index contributed by atoms with van der Waals surface area (Å²) in [6.45, 7) is 12.1. The topological polar surface area (TPSA) is 68.4 Å². The van der Waals surface area contributed by atoms with Crippen molar-refractivity contribution in [3.8, 4) is 0 Å². The van der Waals surface area contributed by atoms with Gasteiger partial charge in [-0.15, -0.1) is 0 Å². The van der Waals surface area contributed by atoms with E-state index in [1.54, 1.807) is 4.90 Å². The molecule has 0 bridgehead atoms. The summed E-state index contributed by atoms with van der Waals surface area (Å²) in [5, 5.41) is 4.35. The van der Waals surface area contributed by atoms with Gasteiger partial charge < -0.3 is 20.1 Å². The van der Waals surface area contributed by atoms with E-state index in [0.717, 1.165) is 51.6 Å². The number of hydrogen-bond donors (Lipinski definition) is 2. The molecular weight excluding hydrogens is 436 g/mol. The quantitative estimate of drug-likeness (QED) is 0.561. The highest BCUT2D eigenvalue weighted by molar-refractivity contribution is 5.86. The molecule has 0 spiro atoms. The van der Waals surface area contributed by atoms with E-state index in [9.17, 15) is 9.59 Å². The molecule has 1 aliphatic heterocycles. The lowest BCUT2D eigenvalue weighted by Gasteiger charge is -2.40. The molecule has 2 heterocycles. The fourth-order valence-electron chi connectivity index (χ4n) is 5.99. The normalized spacial score (nSPS) is 22.8. The molecule has 0 radical (unpaired) electrons. The summed E-state index contributed by atoms with van der Waals surface area (Å²) >= 11 is 0. The third kappa shape index (κ3) is 5.84. The van der Waals surface area contributed by atoms with Gasteiger partial charge in [-0.25, -0.2) is 4.79 Å². The number of fused-ring (bicyclic) bond motifs is 3. The number of H-pyrrole nitrogens is 1. The van der Waals surface area contributed by atoms with Crippen molar-refractivity contribution in [2.24, 2.45) is 17.8 Å². The number of nitrogens with zero attached hydrogens (tertiary/aromatic N) is 2. The van der Waals surface area contributed by atoms with Crippen LogP contribution in [0.5, 0.6) is 0 Å². The van der Waals surface area contributed by atoms with Crippen LogP contribution in [-0.4, -0.2) is 52.4 Å². The maximum atomic E-state index is 13.8. The van der Waals surface area contributed by atoms with E-state index in [2.05, 4.69) is 53.3 Å². The number of hydrogen-bond acceptors (Lipinski definition) is 2. The third-order valence-electron chi connectivity index (χ3n) is 7.69. The van der Waals surface area contributed by atoms with Crippen LogP contribution in [0.4, 0.5) is 4.79 Å². The van der Waals surface area contributed by atoms with E-state index in [1.165, 1.54) is 22.2 Å². The fourth-order valence-corrected chi connectivity index (χ4v) is 5.99. The van der Waals surface area contributed by atoms with Crippen LogP contribution in [0.15, 0.2) is 24.3 Å². The minimum Gasteiger partial charge on any atom is -0.356 e. The maximum absolute atomic E-state index is 13.8. The summed E-state index contributed by atoms with van der Waals surface area (Å²) in [5.74, 6) is 1.40. The first-order valence-electron chi connectivity index (χ1n) is 13.5. The highest BCUT2D eigenvalue weighted by Crippen LogP contribution is 2.40. The SMILES string of the molecule is CC(C)CC1c2[nH]c3ccccc3c2CCN1C(=O)C1CCC(CN(C)C(=O)NC(C)(C)C)CC1. The van der Waals surface area contributed by atoms with Crippen LogP contribution in [0.25, 0.3) is 10.9 Å². The third-order valence-corrected chi connectivity index (χ3v) is 7.69. The summed E-state index contributed by atoms with van der Waals surface area (Å²) in [4.78, 5) is 33.9. The van der Waals surface area contributed by atoms with Crippen LogP contribution in [0.1, 0.15) is 84.0 Å². The zero-order valence-corrected chi connectivity index (χ0v) is 22.5. The number of rotatable bonds is 5. The lowest BCUT2D eigenvalue weighted by Crippen LogP contribution is -2.48. The molecule has 3 amide bonds. The number of benzene rings is 1. The van der Waals surface area contributed by atoms with Gasteiger partial charge in [-0.1, -0.05) is 32.0 Å². The average Bonchev–Trinajstić information content (AvgIpc) is 3.17. The van der Waals surface area contributed by atoms with Gasteiger partial charge in [0.25, 0.3) is 0 Å². The summed E-state index contributed by atoms with van der Waals surface area (Å²) in [5.41, 5.74) is 3.59. The molecule has 6 heteroatoms. The van der Waals surface area contributed by atoms with E-state index in [0.29, 0.717) is 17.7 Å². The Balaban J connectivity index is 1.40. The van der Waals surface area contributed by atoms with Crippen LogP contribution in [0.3, 0.4) is 0 Å². The first-order valence-corrected chi connectivity index (χ1v) is 13.5. The molecule has 1 saturated carbocycles. The van der Waals surface area contributed by atoms with Gasteiger partial charge in [0.1, 0.15) is 0 Å². The molecule has 1 aromatic heterocycles. The Hall–Kier alpha value is -2.50. The number of aromatic amines is 1. The highest BCUT2D eigenvalue weighted by Gasteiger charge is 2.38. The molecule has 2 N–H and O–H groups in total. The molecule has 35 heavy (non-hydrogen) atoms. The monoisotopic (exact) mass is 480 g/mol. The van der Waals surface area contributed by atoms with Crippen molar-refractivity contribution in [2.45, 2.75) is 84.7 Å². The number of nitrogens with one attached hydrogen (secondary N) is 2. The predicted molar refractivity (Wildman–Crippen MR) is 142 cm³/mol. The zero-order chi connectivity index (χ0) is 25.3. The molecule has 1 atom stereocenters. The summed E-state index contributed by atoms with van der Waals surface area (Å²) < 4.78 is 0. The minimum atomic E-state index is -0.235. The Kier molecular flexibility index (Phi) is 7.48. The van der Waals surface area contributed by atoms with E-state index in [1.807, 2.05) is 27.8 Å². The molecule has 1 aliphatic carbocycles. The summed E-state index contributed by atoms with van der Waals surface area (Å²) in [7, 11) is 1.88. The second-order valence-corrected chi connectivity index (χ2v) is 12.3. The minimum absolute atomic E-state index is 0.0188. The van der Waals surface area contributed by atoms with Crippen molar-refractivity contribution in [1.82, 2.24) is 20.1 Å². The molecule has 1 fully saturated rings. The molecular formula is C29H44N4O2. The molecule has 2 aromatic rings. The van der Waals surface area contributed by atoms with Crippen molar-refractivity contribution >= 4 is 22.8 Å².